The number of rotatable bonds is 1. The van der Waals surface area contributed by atoms with Crippen molar-refractivity contribution in [3.05, 3.63) is 22.5 Å². The Morgan fingerprint density at radius 1 is 1.38 bits per heavy atom. The maximum Gasteiger partial charge on any atom is 0.293 e. The van der Waals surface area contributed by atoms with E-state index >= 15 is 0 Å². The smallest absolute Gasteiger partial charge is 0.293 e. The minimum Gasteiger partial charge on any atom is -0.495 e. The molecule has 0 bridgehead atoms. The van der Waals surface area contributed by atoms with Crippen LogP contribution in [0.1, 0.15) is 0 Å². The van der Waals surface area contributed by atoms with Crippen LogP contribution < -0.4 is 4.74 Å². The summed E-state index contributed by atoms with van der Waals surface area (Å²) < 4.78 is 10.1. The van der Waals surface area contributed by atoms with Crippen LogP contribution in [0.2, 0.25) is 10.4 Å². The first-order valence-corrected chi connectivity index (χ1v) is 4.26. The number of oxazole rings is 1. The molecule has 0 radical (unpaired) electrons. The molecule has 2 aromatic rings. The third-order valence-electron chi connectivity index (χ3n) is 1.64. The largest absolute Gasteiger partial charge is 0.495 e. The zero-order chi connectivity index (χ0) is 9.42. The zero-order valence-electron chi connectivity index (χ0n) is 6.67. The molecule has 0 unspecified atom stereocenters. The van der Waals surface area contributed by atoms with Crippen molar-refractivity contribution in [2.45, 2.75) is 0 Å². The Balaban J connectivity index is 2.72. The number of hydrogen-bond acceptors (Lipinski definition) is 3. The van der Waals surface area contributed by atoms with Gasteiger partial charge in [0, 0.05) is 12.1 Å². The van der Waals surface area contributed by atoms with Crippen molar-refractivity contribution in [1.29, 1.82) is 0 Å². The molecule has 0 fully saturated rings. The third kappa shape index (κ3) is 1.45. The molecule has 0 amide bonds. The summed E-state index contributed by atoms with van der Waals surface area (Å²) in [7, 11) is 1.54. The zero-order valence-corrected chi connectivity index (χ0v) is 8.19. The third-order valence-corrected chi connectivity index (χ3v) is 2.09. The molecule has 0 saturated heterocycles. The minimum absolute atomic E-state index is 0.0966. The number of benzene rings is 1. The molecule has 0 saturated carbocycles. The lowest BCUT2D eigenvalue weighted by atomic mass is 10.3. The van der Waals surface area contributed by atoms with E-state index in [0.717, 1.165) is 0 Å². The van der Waals surface area contributed by atoms with Gasteiger partial charge in [-0.2, -0.15) is 4.98 Å². The van der Waals surface area contributed by atoms with E-state index in [1.54, 1.807) is 12.1 Å². The van der Waals surface area contributed by atoms with Crippen LogP contribution in [-0.4, -0.2) is 12.1 Å². The lowest BCUT2D eigenvalue weighted by Gasteiger charge is -2.00. The van der Waals surface area contributed by atoms with Gasteiger partial charge in [0.15, 0.2) is 5.58 Å². The Morgan fingerprint density at radius 2 is 2.15 bits per heavy atom. The van der Waals surface area contributed by atoms with Gasteiger partial charge in [-0.15, -0.1) is 0 Å². The molecule has 3 nitrogen and oxygen atoms in total. The maximum atomic E-state index is 5.86. The monoisotopic (exact) mass is 217 g/mol. The van der Waals surface area contributed by atoms with Gasteiger partial charge in [0.2, 0.25) is 0 Å². The van der Waals surface area contributed by atoms with Gasteiger partial charge >= 0.3 is 0 Å². The second kappa shape index (κ2) is 3.09. The number of fused-ring (bicyclic) bond motifs is 1. The van der Waals surface area contributed by atoms with Crippen molar-refractivity contribution in [1.82, 2.24) is 4.98 Å². The lowest BCUT2D eigenvalue weighted by Crippen LogP contribution is -1.83. The molecular weight excluding hydrogens is 213 g/mol. The van der Waals surface area contributed by atoms with Crippen LogP contribution in [0.4, 0.5) is 0 Å². The molecule has 68 valence electrons. The van der Waals surface area contributed by atoms with Crippen LogP contribution in [-0.2, 0) is 0 Å². The van der Waals surface area contributed by atoms with Crippen LogP contribution in [0.3, 0.4) is 0 Å². The number of hydrogen-bond donors (Lipinski definition) is 0. The SMILES string of the molecule is COc1cc2nc(Cl)oc2cc1Cl. The number of aromatic nitrogens is 1. The van der Waals surface area contributed by atoms with E-state index in [4.69, 9.17) is 32.4 Å². The molecule has 0 aliphatic carbocycles. The van der Waals surface area contributed by atoms with Gasteiger partial charge in [0.05, 0.1) is 12.1 Å². The normalized spacial score (nSPS) is 10.7. The van der Waals surface area contributed by atoms with Crippen molar-refractivity contribution in [3.8, 4) is 5.75 Å². The molecule has 1 heterocycles. The summed E-state index contributed by atoms with van der Waals surface area (Å²) in [5, 5.41) is 0.571. The highest BCUT2D eigenvalue weighted by atomic mass is 35.5. The Kier molecular flexibility index (Phi) is 2.06. The number of halogens is 2. The molecule has 0 N–H and O–H groups in total. The maximum absolute atomic E-state index is 5.86. The second-order valence-electron chi connectivity index (χ2n) is 2.42. The second-order valence-corrected chi connectivity index (χ2v) is 3.15. The van der Waals surface area contributed by atoms with Gasteiger partial charge in [-0.05, 0) is 11.6 Å². The van der Waals surface area contributed by atoms with E-state index in [0.29, 0.717) is 21.9 Å². The molecule has 0 aliphatic rings. The van der Waals surface area contributed by atoms with E-state index in [1.165, 1.54) is 7.11 Å². The van der Waals surface area contributed by atoms with Crippen LogP contribution >= 0.6 is 23.2 Å². The summed E-state index contributed by atoms with van der Waals surface area (Å²) in [6.07, 6.45) is 0. The highest BCUT2D eigenvalue weighted by Crippen LogP contribution is 2.30. The van der Waals surface area contributed by atoms with Gasteiger partial charge in [0.25, 0.3) is 5.35 Å². The summed E-state index contributed by atoms with van der Waals surface area (Å²) in [6.45, 7) is 0. The lowest BCUT2D eigenvalue weighted by molar-refractivity contribution is 0.415. The molecule has 13 heavy (non-hydrogen) atoms. The summed E-state index contributed by atoms with van der Waals surface area (Å²) in [5.74, 6) is 0.555. The molecule has 0 atom stereocenters. The van der Waals surface area contributed by atoms with Gasteiger partial charge in [-0.25, -0.2) is 0 Å². The van der Waals surface area contributed by atoms with E-state index < -0.39 is 0 Å². The van der Waals surface area contributed by atoms with Crippen LogP contribution in [0.5, 0.6) is 5.75 Å². The predicted molar refractivity (Wildman–Crippen MR) is 50.6 cm³/mol. The highest BCUT2D eigenvalue weighted by Gasteiger charge is 2.08. The van der Waals surface area contributed by atoms with Crippen molar-refractivity contribution in [2.75, 3.05) is 7.11 Å². The van der Waals surface area contributed by atoms with E-state index in [9.17, 15) is 0 Å². The first-order chi connectivity index (χ1) is 6.20. The molecule has 0 spiro atoms. The fourth-order valence-corrected chi connectivity index (χ4v) is 1.46. The van der Waals surface area contributed by atoms with Gasteiger partial charge in [-0.3, -0.25) is 0 Å². The predicted octanol–water partition coefficient (Wildman–Crippen LogP) is 3.14. The standard InChI is InChI=1S/C8H5Cl2NO2/c1-12-6-3-5-7(2-4(6)9)13-8(10)11-5/h2-3H,1H3. The summed E-state index contributed by atoms with van der Waals surface area (Å²) >= 11 is 11.4. The Bertz CT molecular complexity index is 453. The molecular formula is C8H5Cl2NO2. The summed E-state index contributed by atoms with van der Waals surface area (Å²) in [4.78, 5) is 3.92. The van der Waals surface area contributed by atoms with Crippen molar-refractivity contribution in [3.63, 3.8) is 0 Å². The number of ether oxygens (including phenoxy) is 1. The molecule has 0 aliphatic heterocycles. The van der Waals surface area contributed by atoms with Gasteiger partial charge < -0.3 is 9.15 Å². The van der Waals surface area contributed by atoms with Crippen molar-refractivity contribution < 1.29 is 9.15 Å². The number of methoxy groups -OCH3 is 1. The molecule has 1 aromatic heterocycles. The van der Waals surface area contributed by atoms with E-state index in [2.05, 4.69) is 4.98 Å². The topological polar surface area (TPSA) is 35.3 Å². The highest BCUT2D eigenvalue weighted by molar-refractivity contribution is 6.33. The van der Waals surface area contributed by atoms with Crippen molar-refractivity contribution >= 4 is 34.3 Å². The quantitative estimate of drug-likeness (QED) is 0.737. The van der Waals surface area contributed by atoms with E-state index in [-0.39, 0.29) is 5.35 Å². The Morgan fingerprint density at radius 3 is 2.85 bits per heavy atom. The molecule has 2 rings (SSSR count). The molecule has 1 aromatic carbocycles. The fraction of sp³-hybridized carbons (Fsp3) is 0.125. The van der Waals surface area contributed by atoms with Crippen molar-refractivity contribution in [2.24, 2.45) is 0 Å². The minimum atomic E-state index is 0.0966. The Hall–Kier alpha value is -0.930. The summed E-state index contributed by atoms with van der Waals surface area (Å²) in [5.41, 5.74) is 1.18. The average Bonchev–Trinajstić information content (AvgIpc) is 2.42. The van der Waals surface area contributed by atoms with Gasteiger partial charge in [-0.1, -0.05) is 11.6 Å². The molecule has 5 heteroatoms. The Labute approximate surface area is 84.2 Å². The van der Waals surface area contributed by atoms with Crippen LogP contribution in [0.25, 0.3) is 11.1 Å². The van der Waals surface area contributed by atoms with Crippen LogP contribution in [0, 0.1) is 0 Å². The number of nitrogens with zero attached hydrogens (tertiary/aromatic N) is 1. The van der Waals surface area contributed by atoms with Crippen LogP contribution in [0.15, 0.2) is 16.5 Å². The first-order valence-electron chi connectivity index (χ1n) is 3.50. The van der Waals surface area contributed by atoms with E-state index in [1.807, 2.05) is 0 Å². The first kappa shape index (κ1) is 8.66. The average molecular weight is 218 g/mol. The fourth-order valence-electron chi connectivity index (χ4n) is 1.06. The van der Waals surface area contributed by atoms with Gasteiger partial charge in [0.1, 0.15) is 11.3 Å². The summed E-state index contributed by atoms with van der Waals surface area (Å²) in [6, 6.07) is 3.29.